The normalized spacial score (nSPS) is 10.0. The van der Waals surface area contributed by atoms with Crippen molar-refractivity contribution in [1.29, 1.82) is 0 Å². The largest absolute Gasteiger partial charge is 0.465 e. The van der Waals surface area contributed by atoms with Crippen molar-refractivity contribution in [3.8, 4) is 0 Å². The highest BCUT2D eigenvalue weighted by molar-refractivity contribution is 6.30. The van der Waals surface area contributed by atoms with Crippen LogP contribution in [0.3, 0.4) is 0 Å². The molecule has 4 nitrogen and oxygen atoms in total. The molecule has 0 atom stereocenters. The first-order valence-electron chi connectivity index (χ1n) is 5.63. The van der Waals surface area contributed by atoms with Crippen LogP contribution in [0.4, 0.5) is 0 Å². The Bertz CT molecular complexity index is 460. The predicted molar refractivity (Wildman–Crippen MR) is 69.8 cm³/mol. The molecule has 0 radical (unpaired) electrons. The van der Waals surface area contributed by atoms with Crippen molar-refractivity contribution in [1.82, 2.24) is 4.90 Å². The molecule has 0 spiro atoms. The molecule has 0 saturated heterocycles. The molecule has 5 heteroatoms. The maximum Gasteiger partial charge on any atom is 0.325 e. The van der Waals surface area contributed by atoms with E-state index in [1.807, 2.05) is 0 Å². The lowest BCUT2D eigenvalue weighted by Crippen LogP contribution is -2.33. The number of aryl methyl sites for hydroxylation is 1. The van der Waals surface area contributed by atoms with E-state index >= 15 is 0 Å². The molecule has 0 unspecified atom stereocenters. The van der Waals surface area contributed by atoms with Gasteiger partial charge in [-0.05, 0) is 37.6 Å². The Labute approximate surface area is 111 Å². The molecule has 1 aromatic carbocycles. The first-order chi connectivity index (χ1) is 8.45. The summed E-state index contributed by atoms with van der Waals surface area (Å²) >= 11 is 5.83. The molecule has 0 heterocycles. The van der Waals surface area contributed by atoms with Gasteiger partial charge in [0.15, 0.2) is 0 Å². The van der Waals surface area contributed by atoms with Gasteiger partial charge in [0.25, 0.3) is 5.91 Å². The Morgan fingerprint density at radius 1 is 1.39 bits per heavy atom. The maximum atomic E-state index is 12.1. The van der Waals surface area contributed by atoms with Crippen LogP contribution in [-0.2, 0) is 9.53 Å². The summed E-state index contributed by atoms with van der Waals surface area (Å²) in [6.07, 6.45) is 0. The smallest absolute Gasteiger partial charge is 0.325 e. The second-order valence-electron chi connectivity index (χ2n) is 3.93. The van der Waals surface area contributed by atoms with Gasteiger partial charge in [-0.2, -0.15) is 0 Å². The van der Waals surface area contributed by atoms with Crippen molar-refractivity contribution in [2.45, 2.75) is 13.8 Å². The van der Waals surface area contributed by atoms with Gasteiger partial charge in [-0.25, -0.2) is 0 Å². The van der Waals surface area contributed by atoms with Crippen LogP contribution in [0.1, 0.15) is 22.8 Å². The van der Waals surface area contributed by atoms with E-state index in [9.17, 15) is 9.59 Å². The lowest BCUT2D eigenvalue weighted by atomic mass is 10.1. The summed E-state index contributed by atoms with van der Waals surface area (Å²) in [5.74, 6) is -0.641. The molecule has 1 rings (SSSR count). The SMILES string of the molecule is CCOC(=O)CN(C)C(=O)c1ccc(Cl)cc1C. The standard InChI is InChI=1S/C13H16ClNO3/c1-4-18-12(16)8-15(3)13(17)11-6-5-10(14)7-9(11)2/h5-7H,4,8H2,1-3H3. The third kappa shape index (κ3) is 3.74. The van der Waals surface area contributed by atoms with Crippen LogP contribution in [0.15, 0.2) is 18.2 Å². The molecule has 18 heavy (non-hydrogen) atoms. The summed E-state index contributed by atoms with van der Waals surface area (Å²) in [5.41, 5.74) is 1.31. The number of nitrogens with zero attached hydrogens (tertiary/aromatic N) is 1. The van der Waals surface area contributed by atoms with Crippen molar-refractivity contribution < 1.29 is 14.3 Å². The number of hydrogen-bond donors (Lipinski definition) is 0. The highest BCUT2D eigenvalue weighted by Gasteiger charge is 2.17. The molecule has 0 aromatic heterocycles. The van der Waals surface area contributed by atoms with E-state index in [-0.39, 0.29) is 12.5 Å². The van der Waals surface area contributed by atoms with Gasteiger partial charge in [0.1, 0.15) is 6.54 Å². The van der Waals surface area contributed by atoms with Gasteiger partial charge in [-0.3, -0.25) is 9.59 Å². The summed E-state index contributed by atoms with van der Waals surface area (Å²) in [7, 11) is 1.56. The minimum Gasteiger partial charge on any atom is -0.465 e. The van der Waals surface area contributed by atoms with Gasteiger partial charge in [-0.1, -0.05) is 11.6 Å². The number of rotatable bonds is 4. The number of hydrogen-bond acceptors (Lipinski definition) is 3. The lowest BCUT2D eigenvalue weighted by Gasteiger charge is -2.17. The minimum absolute atomic E-state index is 0.0608. The number of carbonyl (C=O) groups is 2. The molecule has 1 aromatic rings. The van der Waals surface area contributed by atoms with E-state index in [2.05, 4.69) is 0 Å². The first-order valence-corrected chi connectivity index (χ1v) is 6.00. The summed E-state index contributed by atoms with van der Waals surface area (Å²) in [6.45, 7) is 3.77. The van der Waals surface area contributed by atoms with Crippen molar-refractivity contribution in [2.24, 2.45) is 0 Å². The van der Waals surface area contributed by atoms with Gasteiger partial charge in [-0.15, -0.1) is 0 Å². The predicted octanol–water partition coefficient (Wildman–Crippen LogP) is 2.28. The number of benzene rings is 1. The monoisotopic (exact) mass is 269 g/mol. The molecular weight excluding hydrogens is 254 g/mol. The van der Waals surface area contributed by atoms with Crippen LogP contribution >= 0.6 is 11.6 Å². The molecule has 0 saturated carbocycles. The number of carbonyl (C=O) groups excluding carboxylic acids is 2. The van der Waals surface area contributed by atoms with Gasteiger partial charge < -0.3 is 9.64 Å². The molecule has 98 valence electrons. The third-order valence-electron chi connectivity index (χ3n) is 2.44. The average molecular weight is 270 g/mol. The lowest BCUT2D eigenvalue weighted by molar-refractivity contribution is -0.143. The number of ether oxygens (including phenoxy) is 1. The van der Waals surface area contributed by atoms with Crippen LogP contribution in [0.2, 0.25) is 5.02 Å². The Balaban J connectivity index is 2.77. The Morgan fingerprint density at radius 2 is 2.06 bits per heavy atom. The Kier molecular flexibility index (Phi) is 5.16. The molecule has 0 N–H and O–H groups in total. The van der Waals surface area contributed by atoms with Gasteiger partial charge in [0.05, 0.1) is 6.61 Å². The molecule has 0 bridgehead atoms. The molecule has 0 aliphatic rings. The molecule has 1 amide bonds. The molecule has 0 fully saturated rings. The molecule has 0 aliphatic heterocycles. The quantitative estimate of drug-likeness (QED) is 0.788. The Hall–Kier alpha value is -1.55. The first kappa shape index (κ1) is 14.5. The summed E-state index contributed by atoms with van der Waals surface area (Å²) in [5, 5.41) is 0.581. The van der Waals surface area contributed by atoms with Crippen LogP contribution < -0.4 is 0 Å². The van der Waals surface area contributed by atoms with Crippen LogP contribution in [0.25, 0.3) is 0 Å². The van der Waals surface area contributed by atoms with E-state index < -0.39 is 5.97 Å². The zero-order valence-electron chi connectivity index (χ0n) is 10.7. The summed E-state index contributed by atoms with van der Waals surface area (Å²) < 4.78 is 4.79. The number of likely N-dealkylation sites (N-methyl/N-ethyl adjacent to an activating group) is 1. The van der Waals surface area contributed by atoms with Crippen LogP contribution in [0, 0.1) is 6.92 Å². The molecular formula is C13H16ClNO3. The molecule has 0 aliphatic carbocycles. The summed E-state index contributed by atoms with van der Waals surface area (Å²) in [6, 6.07) is 5.02. The van der Waals surface area contributed by atoms with Crippen molar-refractivity contribution in [2.75, 3.05) is 20.2 Å². The fourth-order valence-corrected chi connectivity index (χ4v) is 1.77. The minimum atomic E-state index is -0.417. The van der Waals surface area contributed by atoms with Gasteiger partial charge in [0, 0.05) is 17.6 Å². The van der Waals surface area contributed by atoms with Crippen molar-refractivity contribution in [3.05, 3.63) is 34.3 Å². The average Bonchev–Trinajstić information content (AvgIpc) is 2.28. The maximum absolute atomic E-state index is 12.1. The van der Waals surface area contributed by atoms with Gasteiger partial charge >= 0.3 is 5.97 Å². The highest BCUT2D eigenvalue weighted by Crippen LogP contribution is 2.16. The second-order valence-corrected chi connectivity index (χ2v) is 4.36. The highest BCUT2D eigenvalue weighted by atomic mass is 35.5. The zero-order chi connectivity index (χ0) is 13.7. The Morgan fingerprint density at radius 3 is 2.61 bits per heavy atom. The van der Waals surface area contributed by atoms with E-state index in [1.165, 1.54) is 4.90 Å². The van der Waals surface area contributed by atoms with Crippen LogP contribution in [-0.4, -0.2) is 37.0 Å². The number of amides is 1. The third-order valence-corrected chi connectivity index (χ3v) is 2.67. The summed E-state index contributed by atoms with van der Waals surface area (Å²) in [4.78, 5) is 24.7. The topological polar surface area (TPSA) is 46.6 Å². The number of halogens is 1. The number of esters is 1. The zero-order valence-corrected chi connectivity index (χ0v) is 11.5. The van der Waals surface area contributed by atoms with E-state index in [1.54, 1.807) is 39.1 Å². The van der Waals surface area contributed by atoms with Crippen LogP contribution in [0.5, 0.6) is 0 Å². The fourth-order valence-electron chi connectivity index (χ4n) is 1.54. The second kappa shape index (κ2) is 6.40. The van der Waals surface area contributed by atoms with E-state index in [0.717, 1.165) is 5.56 Å². The van der Waals surface area contributed by atoms with E-state index in [0.29, 0.717) is 17.2 Å². The fraction of sp³-hybridized carbons (Fsp3) is 0.385. The van der Waals surface area contributed by atoms with Crippen molar-refractivity contribution in [3.63, 3.8) is 0 Å². The van der Waals surface area contributed by atoms with Gasteiger partial charge in [0.2, 0.25) is 0 Å². The van der Waals surface area contributed by atoms with E-state index in [4.69, 9.17) is 16.3 Å². The van der Waals surface area contributed by atoms with Crippen molar-refractivity contribution >= 4 is 23.5 Å².